The summed E-state index contributed by atoms with van der Waals surface area (Å²) in [5.41, 5.74) is 7.22. The first-order valence-electron chi connectivity index (χ1n) is 7.83. The van der Waals surface area contributed by atoms with E-state index in [9.17, 15) is 5.26 Å². The number of hydrogen-bond acceptors (Lipinski definition) is 6. The number of allylic oxidation sites excluding steroid dienone is 3. The molecule has 1 unspecified atom stereocenters. The molecule has 0 radical (unpaired) electrons. The van der Waals surface area contributed by atoms with Crippen molar-refractivity contribution in [2.45, 2.75) is 26.7 Å². The van der Waals surface area contributed by atoms with E-state index in [0.717, 1.165) is 11.8 Å². The third-order valence-corrected chi connectivity index (χ3v) is 4.05. The van der Waals surface area contributed by atoms with Crippen LogP contribution in [0.15, 0.2) is 41.0 Å². The minimum Gasteiger partial charge on any atom is -0.497 e. The predicted octanol–water partition coefficient (Wildman–Crippen LogP) is 3.46. The fourth-order valence-corrected chi connectivity index (χ4v) is 2.86. The van der Waals surface area contributed by atoms with Gasteiger partial charge in [-0.1, -0.05) is 26.8 Å². The minimum absolute atomic E-state index is 0.127. The van der Waals surface area contributed by atoms with Crippen LogP contribution in [-0.4, -0.2) is 20.4 Å². The lowest BCUT2D eigenvalue weighted by Gasteiger charge is -2.33. The summed E-state index contributed by atoms with van der Waals surface area (Å²) in [6.07, 6.45) is 1.13. The van der Waals surface area contributed by atoms with Gasteiger partial charge in [-0.05, 0) is 6.07 Å². The standard InChI is InChI=1S/C19H23N3O3/c1-19(2,3)17-13(9-20)16(14(10-21)18(22)25-17)12-7-6-11(23-4)8-15(12)24-5/h6-8,10,16,21H,22H2,1-5H3. The van der Waals surface area contributed by atoms with Crippen LogP contribution in [0.1, 0.15) is 32.3 Å². The predicted molar refractivity (Wildman–Crippen MR) is 95.5 cm³/mol. The van der Waals surface area contributed by atoms with Crippen molar-refractivity contribution in [1.82, 2.24) is 0 Å². The van der Waals surface area contributed by atoms with Gasteiger partial charge in [-0.2, -0.15) is 5.26 Å². The molecule has 1 atom stereocenters. The SMILES string of the molecule is COc1ccc(C2C(C#N)=C(C(C)(C)C)OC(N)=C2C=N)c(OC)c1. The quantitative estimate of drug-likeness (QED) is 0.817. The van der Waals surface area contributed by atoms with Crippen LogP contribution in [0.2, 0.25) is 0 Å². The summed E-state index contributed by atoms with van der Waals surface area (Å²) in [6.45, 7) is 5.85. The fraction of sp³-hybridized carbons (Fsp3) is 0.368. The first-order chi connectivity index (χ1) is 11.8. The molecule has 0 amide bonds. The van der Waals surface area contributed by atoms with Gasteiger partial charge in [0.05, 0.1) is 31.8 Å². The second kappa shape index (κ2) is 6.89. The number of nitrogens with zero attached hydrogens (tertiary/aromatic N) is 1. The lowest BCUT2D eigenvalue weighted by atomic mass is 9.78. The van der Waals surface area contributed by atoms with Gasteiger partial charge >= 0.3 is 0 Å². The molecule has 6 heteroatoms. The maximum Gasteiger partial charge on any atom is 0.196 e. The zero-order chi connectivity index (χ0) is 18.8. The molecule has 2 rings (SSSR count). The summed E-state index contributed by atoms with van der Waals surface area (Å²) in [6, 6.07) is 7.60. The second-order valence-electron chi connectivity index (χ2n) is 6.71. The first kappa shape index (κ1) is 18.4. The Bertz CT molecular complexity index is 795. The molecule has 0 saturated heterocycles. The number of ether oxygens (including phenoxy) is 3. The van der Waals surface area contributed by atoms with Crippen molar-refractivity contribution in [3.8, 4) is 17.6 Å². The highest BCUT2D eigenvalue weighted by molar-refractivity contribution is 5.82. The van der Waals surface area contributed by atoms with Crippen molar-refractivity contribution in [1.29, 1.82) is 10.7 Å². The summed E-state index contributed by atoms with van der Waals surface area (Å²) < 4.78 is 16.5. The third-order valence-electron chi connectivity index (χ3n) is 4.05. The van der Waals surface area contributed by atoms with E-state index in [4.69, 9.17) is 25.4 Å². The van der Waals surface area contributed by atoms with Crippen LogP contribution in [0.25, 0.3) is 0 Å². The molecule has 1 aromatic carbocycles. The lowest BCUT2D eigenvalue weighted by molar-refractivity contribution is 0.200. The summed E-state index contributed by atoms with van der Waals surface area (Å²) in [5, 5.41) is 17.6. The van der Waals surface area contributed by atoms with Gasteiger partial charge in [-0.3, -0.25) is 0 Å². The molecule has 0 aliphatic carbocycles. The van der Waals surface area contributed by atoms with Crippen molar-refractivity contribution < 1.29 is 14.2 Å². The van der Waals surface area contributed by atoms with Crippen molar-refractivity contribution in [2.75, 3.05) is 14.2 Å². The highest BCUT2D eigenvalue weighted by Crippen LogP contribution is 2.46. The topological polar surface area (TPSA) is 101 Å². The third kappa shape index (κ3) is 3.31. The molecule has 0 bridgehead atoms. The van der Waals surface area contributed by atoms with Gasteiger partial charge in [0.1, 0.15) is 17.3 Å². The Morgan fingerprint density at radius 1 is 1.28 bits per heavy atom. The molecule has 1 aliphatic heterocycles. The second-order valence-corrected chi connectivity index (χ2v) is 6.71. The molecule has 1 aliphatic rings. The Morgan fingerprint density at radius 2 is 1.96 bits per heavy atom. The number of benzene rings is 1. The van der Waals surface area contributed by atoms with Gasteiger partial charge in [0.25, 0.3) is 0 Å². The largest absolute Gasteiger partial charge is 0.497 e. The fourth-order valence-electron chi connectivity index (χ4n) is 2.86. The van der Waals surface area contributed by atoms with Crippen LogP contribution in [-0.2, 0) is 4.74 Å². The number of nitriles is 1. The van der Waals surface area contributed by atoms with Crippen molar-refractivity contribution in [3.63, 3.8) is 0 Å². The van der Waals surface area contributed by atoms with Crippen LogP contribution in [0.4, 0.5) is 0 Å². The van der Waals surface area contributed by atoms with E-state index in [0.29, 0.717) is 28.4 Å². The molecule has 0 fully saturated rings. The van der Waals surface area contributed by atoms with Gasteiger partial charge in [0, 0.05) is 28.8 Å². The highest BCUT2D eigenvalue weighted by Gasteiger charge is 2.37. The lowest BCUT2D eigenvalue weighted by Crippen LogP contribution is -2.27. The molecule has 25 heavy (non-hydrogen) atoms. The number of nitrogens with one attached hydrogen (secondary N) is 1. The van der Waals surface area contributed by atoms with Crippen LogP contribution >= 0.6 is 0 Å². The highest BCUT2D eigenvalue weighted by atomic mass is 16.5. The molecular weight excluding hydrogens is 318 g/mol. The molecular formula is C19H23N3O3. The maximum absolute atomic E-state index is 9.83. The van der Waals surface area contributed by atoms with Crippen LogP contribution in [0.3, 0.4) is 0 Å². The number of hydrogen-bond donors (Lipinski definition) is 2. The molecule has 132 valence electrons. The zero-order valence-electron chi connectivity index (χ0n) is 15.1. The van der Waals surface area contributed by atoms with Gasteiger partial charge in [0.15, 0.2) is 5.88 Å². The van der Waals surface area contributed by atoms with Crippen molar-refractivity contribution >= 4 is 6.21 Å². The van der Waals surface area contributed by atoms with E-state index in [-0.39, 0.29) is 5.88 Å². The van der Waals surface area contributed by atoms with Gasteiger partial charge < -0.3 is 25.4 Å². The van der Waals surface area contributed by atoms with Crippen LogP contribution < -0.4 is 15.2 Å². The molecule has 0 spiro atoms. The summed E-state index contributed by atoms with van der Waals surface area (Å²) in [5.74, 6) is 1.29. The van der Waals surface area contributed by atoms with Crippen LogP contribution in [0, 0.1) is 22.2 Å². The van der Waals surface area contributed by atoms with E-state index < -0.39 is 11.3 Å². The smallest absolute Gasteiger partial charge is 0.196 e. The van der Waals surface area contributed by atoms with Crippen molar-refractivity contribution in [3.05, 3.63) is 46.6 Å². The number of rotatable bonds is 4. The average Bonchev–Trinajstić information content (AvgIpc) is 2.59. The Labute approximate surface area is 148 Å². The van der Waals surface area contributed by atoms with E-state index in [1.165, 1.54) is 0 Å². The van der Waals surface area contributed by atoms with E-state index in [1.54, 1.807) is 26.4 Å². The monoisotopic (exact) mass is 341 g/mol. The summed E-state index contributed by atoms with van der Waals surface area (Å²) in [7, 11) is 3.12. The molecule has 0 aromatic heterocycles. The molecule has 6 nitrogen and oxygen atoms in total. The maximum atomic E-state index is 9.83. The van der Waals surface area contributed by atoms with Crippen molar-refractivity contribution in [2.24, 2.45) is 11.1 Å². The summed E-state index contributed by atoms with van der Waals surface area (Å²) >= 11 is 0. The first-order valence-corrected chi connectivity index (χ1v) is 7.83. The molecule has 0 saturated carbocycles. The number of nitrogens with two attached hydrogens (primary N) is 1. The molecule has 1 aromatic rings. The van der Waals surface area contributed by atoms with E-state index in [1.807, 2.05) is 26.8 Å². The van der Waals surface area contributed by atoms with Gasteiger partial charge in [-0.15, -0.1) is 0 Å². The molecule has 1 heterocycles. The number of methoxy groups -OCH3 is 2. The average molecular weight is 341 g/mol. The molecule has 3 N–H and O–H groups in total. The minimum atomic E-state index is -0.536. The van der Waals surface area contributed by atoms with Crippen LogP contribution in [0.5, 0.6) is 11.5 Å². The zero-order valence-corrected chi connectivity index (χ0v) is 15.1. The van der Waals surface area contributed by atoms with E-state index in [2.05, 4.69) is 6.07 Å². The Morgan fingerprint density at radius 3 is 2.44 bits per heavy atom. The normalized spacial score (nSPS) is 17.7. The van der Waals surface area contributed by atoms with Gasteiger partial charge in [0.2, 0.25) is 0 Å². The van der Waals surface area contributed by atoms with E-state index >= 15 is 0 Å². The Kier molecular flexibility index (Phi) is 5.07. The van der Waals surface area contributed by atoms with Gasteiger partial charge in [-0.25, -0.2) is 0 Å². The Hall–Kier alpha value is -2.94. The summed E-state index contributed by atoms with van der Waals surface area (Å²) in [4.78, 5) is 0. The Balaban J connectivity index is 2.77.